The van der Waals surface area contributed by atoms with Crippen molar-refractivity contribution >= 4 is 17.5 Å². The first-order valence-corrected chi connectivity index (χ1v) is 8.71. The van der Waals surface area contributed by atoms with E-state index < -0.39 is 0 Å². The van der Waals surface area contributed by atoms with E-state index in [0.717, 1.165) is 18.4 Å². The van der Waals surface area contributed by atoms with Gasteiger partial charge in [-0.25, -0.2) is 4.39 Å². The highest BCUT2D eigenvalue weighted by Crippen LogP contribution is 2.21. The number of hydrogen-bond acceptors (Lipinski definition) is 3. The van der Waals surface area contributed by atoms with Crippen LogP contribution in [0.3, 0.4) is 0 Å². The van der Waals surface area contributed by atoms with Crippen LogP contribution in [0.4, 0.5) is 10.1 Å². The Bertz CT molecular complexity index is 788. The van der Waals surface area contributed by atoms with E-state index in [4.69, 9.17) is 0 Å². The van der Waals surface area contributed by atoms with Crippen molar-refractivity contribution in [3.63, 3.8) is 0 Å². The normalized spacial score (nSPS) is 14.5. The second-order valence-corrected chi connectivity index (χ2v) is 6.50. The first-order chi connectivity index (χ1) is 12.5. The Morgan fingerprint density at radius 3 is 2.50 bits per heavy atom. The van der Waals surface area contributed by atoms with E-state index in [1.54, 1.807) is 36.4 Å². The molecule has 6 heteroatoms. The van der Waals surface area contributed by atoms with Gasteiger partial charge < -0.3 is 16.0 Å². The van der Waals surface area contributed by atoms with Crippen LogP contribution in [0.1, 0.15) is 41.7 Å². The number of rotatable bonds is 7. The number of nitrogens with one attached hydrogen (secondary N) is 3. The lowest BCUT2D eigenvalue weighted by Crippen LogP contribution is -2.31. The Morgan fingerprint density at radius 2 is 1.81 bits per heavy atom. The second-order valence-electron chi connectivity index (χ2n) is 6.50. The van der Waals surface area contributed by atoms with E-state index in [9.17, 15) is 14.0 Å². The quantitative estimate of drug-likeness (QED) is 0.715. The van der Waals surface area contributed by atoms with E-state index in [-0.39, 0.29) is 36.3 Å². The molecule has 0 aromatic heterocycles. The molecule has 1 saturated carbocycles. The molecule has 1 aliphatic rings. The molecule has 0 spiro atoms. The van der Waals surface area contributed by atoms with Crippen LogP contribution in [-0.4, -0.2) is 24.4 Å². The first-order valence-electron chi connectivity index (χ1n) is 8.71. The van der Waals surface area contributed by atoms with Crippen LogP contribution in [0.5, 0.6) is 0 Å². The van der Waals surface area contributed by atoms with Gasteiger partial charge in [-0.3, -0.25) is 9.59 Å². The molecule has 0 aliphatic heterocycles. The van der Waals surface area contributed by atoms with Crippen molar-refractivity contribution in [2.24, 2.45) is 0 Å². The molecule has 0 radical (unpaired) electrons. The van der Waals surface area contributed by atoms with Gasteiger partial charge in [0.15, 0.2) is 0 Å². The van der Waals surface area contributed by atoms with Crippen LogP contribution in [-0.2, 0) is 4.79 Å². The number of halogens is 1. The molecule has 136 valence electrons. The van der Waals surface area contributed by atoms with Gasteiger partial charge in [-0.1, -0.05) is 24.3 Å². The van der Waals surface area contributed by atoms with Gasteiger partial charge in [-0.2, -0.15) is 0 Å². The monoisotopic (exact) mass is 355 g/mol. The molecule has 1 fully saturated rings. The standard InChI is InChI=1S/C20H22FN3O2/c1-13(14-6-8-15(21)9-7-14)22-12-19(25)24-18-5-3-2-4-17(18)20(26)23-16-10-11-16/h2-9,13,16,22H,10-12H2,1H3,(H,23,26)(H,24,25)/t13-/m1/s1. The van der Waals surface area contributed by atoms with Crippen molar-refractivity contribution in [2.75, 3.05) is 11.9 Å². The molecule has 2 amide bonds. The second kappa shape index (κ2) is 8.10. The number of anilines is 1. The summed E-state index contributed by atoms with van der Waals surface area (Å²) in [4.78, 5) is 24.5. The highest BCUT2D eigenvalue weighted by atomic mass is 19.1. The fourth-order valence-corrected chi connectivity index (χ4v) is 2.59. The Labute approximate surface area is 152 Å². The number of benzene rings is 2. The van der Waals surface area contributed by atoms with Gasteiger partial charge in [0.2, 0.25) is 5.91 Å². The maximum Gasteiger partial charge on any atom is 0.253 e. The molecule has 2 aromatic carbocycles. The van der Waals surface area contributed by atoms with E-state index >= 15 is 0 Å². The van der Waals surface area contributed by atoms with Crippen molar-refractivity contribution in [1.29, 1.82) is 0 Å². The number of carbonyl (C=O) groups is 2. The Kier molecular flexibility index (Phi) is 5.63. The van der Waals surface area contributed by atoms with E-state index in [1.165, 1.54) is 12.1 Å². The molecule has 0 heterocycles. The van der Waals surface area contributed by atoms with Gasteiger partial charge in [0.25, 0.3) is 5.91 Å². The van der Waals surface area contributed by atoms with Gasteiger partial charge >= 0.3 is 0 Å². The third-order valence-corrected chi connectivity index (χ3v) is 4.30. The summed E-state index contributed by atoms with van der Waals surface area (Å²) in [6, 6.07) is 13.3. The van der Waals surface area contributed by atoms with Crippen molar-refractivity contribution in [3.05, 3.63) is 65.5 Å². The summed E-state index contributed by atoms with van der Waals surface area (Å²) >= 11 is 0. The maximum atomic E-state index is 13.0. The molecule has 5 nitrogen and oxygen atoms in total. The fraction of sp³-hybridized carbons (Fsp3) is 0.300. The van der Waals surface area contributed by atoms with Gasteiger partial charge in [0.05, 0.1) is 17.8 Å². The van der Waals surface area contributed by atoms with E-state index in [2.05, 4.69) is 16.0 Å². The Morgan fingerprint density at radius 1 is 1.12 bits per heavy atom. The van der Waals surface area contributed by atoms with Crippen molar-refractivity contribution in [2.45, 2.75) is 31.8 Å². The topological polar surface area (TPSA) is 70.2 Å². The zero-order valence-electron chi connectivity index (χ0n) is 14.6. The molecule has 1 atom stereocenters. The van der Waals surface area contributed by atoms with E-state index in [0.29, 0.717) is 11.3 Å². The molecule has 0 saturated heterocycles. The van der Waals surface area contributed by atoms with Crippen LogP contribution in [0, 0.1) is 5.82 Å². The third kappa shape index (κ3) is 4.89. The van der Waals surface area contributed by atoms with Gasteiger partial charge in [-0.05, 0) is 49.6 Å². The summed E-state index contributed by atoms with van der Waals surface area (Å²) in [6.45, 7) is 1.98. The SMILES string of the molecule is C[C@@H](NCC(=O)Nc1ccccc1C(=O)NC1CC1)c1ccc(F)cc1. The lowest BCUT2D eigenvalue weighted by molar-refractivity contribution is -0.115. The summed E-state index contributed by atoms with van der Waals surface area (Å²) in [5.74, 6) is -0.707. The molecule has 3 rings (SSSR count). The maximum absolute atomic E-state index is 13.0. The first kappa shape index (κ1) is 18.1. The summed E-state index contributed by atoms with van der Waals surface area (Å²) in [5.41, 5.74) is 1.84. The van der Waals surface area contributed by atoms with Crippen molar-refractivity contribution in [3.8, 4) is 0 Å². The highest BCUT2D eigenvalue weighted by Gasteiger charge is 2.25. The summed E-state index contributed by atoms with van der Waals surface area (Å²) in [7, 11) is 0. The predicted molar refractivity (Wildman–Crippen MR) is 98.4 cm³/mol. The molecule has 3 N–H and O–H groups in total. The van der Waals surface area contributed by atoms with Crippen LogP contribution < -0.4 is 16.0 Å². The van der Waals surface area contributed by atoms with Crippen molar-refractivity contribution in [1.82, 2.24) is 10.6 Å². The van der Waals surface area contributed by atoms with Gasteiger partial charge in [0, 0.05) is 12.1 Å². The van der Waals surface area contributed by atoms with Crippen LogP contribution in [0.2, 0.25) is 0 Å². The van der Waals surface area contributed by atoms with E-state index in [1.807, 2.05) is 6.92 Å². The largest absolute Gasteiger partial charge is 0.349 e. The Hall–Kier alpha value is -2.73. The average Bonchev–Trinajstić information content (AvgIpc) is 3.44. The summed E-state index contributed by atoms with van der Waals surface area (Å²) in [5, 5.41) is 8.80. The Balaban J connectivity index is 1.56. The van der Waals surface area contributed by atoms with Crippen LogP contribution in [0.25, 0.3) is 0 Å². The average molecular weight is 355 g/mol. The van der Waals surface area contributed by atoms with Crippen LogP contribution in [0.15, 0.2) is 48.5 Å². The smallest absolute Gasteiger partial charge is 0.253 e. The molecule has 0 bridgehead atoms. The molecular formula is C20H22FN3O2. The van der Waals surface area contributed by atoms with Crippen molar-refractivity contribution < 1.29 is 14.0 Å². The molecule has 26 heavy (non-hydrogen) atoms. The molecule has 1 aliphatic carbocycles. The number of carbonyl (C=O) groups excluding carboxylic acids is 2. The predicted octanol–water partition coefficient (Wildman–Crippen LogP) is 3.01. The summed E-state index contributed by atoms with van der Waals surface area (Å²) in [6.07, 6.45) is 2.01. The highest BCUT2D eigenvalue weighted by molar-refractivity contribution is 6.04. The lowest BCUT2D eigenvalue weighted by atomic mass is 10.1. The van der Waals surface area contributed by atoms with Crippen LogP contribution >= 0.6 is 0 Å². The minimum atomic E-state index is -0.292. The fourth-order valence-electron chi connectivity index (χ4n) is 2.59. The number of para-hydroxylation sites is 1. The number of hydrogen-bond donors (Lipinski definition) is 3. The lowest BCUT2D eigenvalue weighted by Gasteiger charge is -2.15. The van der Waals surface area contributed by atoms with Gasteiger partial charge in [0.1, 0.15) is 5.82 Å². The molecule has 2 aromatic rings. The zero-order chi connectivity index (χ0) is 18.5. The summed E-state index contributed by atoms with van der Waals surface area (Å²) < 4.78 is 13.0. The third-order valence-electron chi connectivity index (χ3n) is 4.30. The van der Waals surface area contributed by atoms with Gasteiger partial charge in [-0.15, -0.1) is 0 Å². The minimum Gasteiger partial charge on any atom is -0.349 e. The molecular weight excluding hydrogens is 333 g/mol. The zero-order valence-corrected chi connectivity index (χ0v) is 14.6. The molecule has 0 unspecified atom stereocenters. The minimum absolute atomic E-state index is 0.0805. The number of amides is 2.